The van der Waals surface area contributed by atoms with E-state index in [2.05, 4.69) is 5.32 Å². The number of aryl methyl sites for hydroxylation is 1. The number of nitrogens with zero attached hydrogens (tertiary/aromatic N) is 2. The van der Waals surface area contributed by atoms with Crippen LogP contribution < -0.4 is 9.97 Å². The van der Waals surface area contributed by atoms with Crippen molar-refractivity contribution in [2.24, 2.45) is 0 Å². The average Bonchev–Trinajstić information content (AvgIpc) is 2.90. The molecule has 0 unspecified atom stereocenters. The van der Waals surface area contributed by atoms with E-state index in [4.69, 9.17) is 4.65 Å². The molecule has 14 heteroatoms. The molecule has 0 spiro atoms. The first-order valence-corrected chi connectivity index (χ1v) is 12.6. The van der Waals surface area contributed by atoms with Crippen LogP contribution in [0.3, 0.4) is 0 Å². The van der Waals surface area contributed by atoms with Gasteiger partial charge in [0, 0.05) is 31.9 Å². The summed E-state index contributed by atoms with van der Waals surface area (Å²) >= 11 is 0. The normalized spacial score (nSPS) is 17.7. The number of hydrogen-bond acceptors (Lipinski definition) is 8. The quantitative estimate of drug-likeness (QED) is 0.291. The summed E-state index contributed by atoms with van der Waals surface area (Å²) in [6.45, 7) is 3.52. The number of aromatic hydroxyl groups is 1. The Morgan fingerprint density at radius 1 is 1.18 bits per heavy atom. The lowest BCUT2D eigenvalue weighted by atomic mass is 9.64. The molecule has 4 amide bonds. The molecule has 0 aromatic heterocycles. The Morgan fingerprint density at radius 3 is 2.55 bits per heavy atom. The molecule has 2 aliphatic heterocycles. The van der Waals surface area contributed by atoms with Crippen molar-refractivity contribution in [1.82, 2.24) is 15.1 Å². The second kappa shape index (κ2) is 11.3. The Kier molecular flexibility index (Phi) is 8.09. The van der Waals surface area contributed by atoms with E-state index in [9.17, 15) is 43.6 Å². The molecule has 2 heterocycles. The molecule has 1 saturated heterocycles. The number of nitrogens with one attached hydrogen (secondary N) is 1. The van der Waals surface area contributed by atoms with Crippen molar-refractivity contribution >= 4 is 36.7 Å². The van der Waals surface area contributed by atoms with Crippen LogP contribution in [0.4, 0.5) is 9.18 Å². The zero-order valence-electron chi connectivity index (χ0n) is 21.7. The maximum Gasteiger partial charge on any atom is 0.526 e. The van der Waals surface area contributed by atoms with Gasteiger partial charge in [-0.1, -0.05) is 18.2 Å². The number of carboxylic acid groups (broad SMARTS) is 1. The molecule has 2 aromatic rings. The molecular formula is C26H27BFN3O9. The Balaban J connectivity index is 1.58. The number of aromatic carboxylic acids is 1. The van der Waals surface area contributed by atoms with Crippen LogP contribution in [0.15, 0.2) is 30.3 Å². The molecule has 1 fully saturated rings. The predicted molar refractivity (Wildman–Crippen MR) is 137 cm³/mol. The molecule has 40 heavy (non-hydrogen) atoms. The fourth-order valence-corrected chi connectivity index (χ4v) is 4.86. The van der Waals surface area contributed by atoms with Crippen molar-refractivity contribution < 1.29 is 48.3 Å². The first-order chi connectivity index (χ1) is 18.9. The third-order valence-corrected chi connectivity index (χ3v) is 7.08. The number of carboxylic acids is 1. The van der Waals surface area contributed by atoms with Gasteiger partial charge >= 0.3 is 30.9 Å². The molecule has 0 aliphatic carbocycles. The van der Waals surface area contributed by atoms with Gasteiger partial charge < -0.3 is 30.1 Å². The van der Waals surface area contributed by atoms with Crippen LogP contribution in [-0.2, 0) is 20.8 Å². The molecule has 2 atom stereocenters. The largest absolute Gasteiger partial charge is 0.535 e. The van der Waals surface area contributed by atoms with E-state index in [1.165, 1.54) is 11.0 Å². The summed E-state index contributed by atoms with van der Waals surface area (Å²) in [7, 11) is -1.56. The van der Waals surface area contributed by atoms with Crippen molar-refractivity contribution in [1.29, 1.82) is 0 Å². The molecular weight excluding hydrogens is 528 g/mol. The molecule has 0 radical (unpaired) electrons. The van der Waals surface area contributed by atoms with Crippen molar-refractivity contribution in [3.63, 3.8) is 0 Å². The number of phenols is 1. The summed E-state index contributed by atoms with van der Waals surface area (Å²) in [6.07, 6.45) is -0.319. The second-order valence-corrected chi connectivity index (χ2v) is 9.63. The zero-order chi connectivity index (χ0) is 29.3. The van der Waals surface area contributed by atoms with Gasteiger partial charge in [0.15, 0.2) is 17.3 Å². The minimum absolute atomic E-state index is 0.00329. The smallest absolute Gasteiger partial charge is 0.526 e. The highest BCUT2D eigenvalue weighted by Gasteiger charge is 2.41. The maximum absolute atomic E-state index is 14.2. The number of amides is 4. The number of ketones is 1. The maximum atomic E-state index is 14.2. The molecule has 0 bridgehead atoms. The third-order valence-electron chi connectivity index (χ3n) is 7.08. The number of Topliss-reactive ketones (excluding diaryl/α,β-unsaturated/α-hetero) is 1. The Labute approximate surface area is 228 Å². The number of urea groups is 1. The van der Waals surface area contributed by atoms with Crippen LogP contribution in [0.1, 0.15) is 46.4 Å². The lowest BCUT2D eigenvalue weighted by Crippen LogP contribution is -2.58. The average molecular weight is 555 g/mol. The number of imide groups is 1. The Hall–Kier alpha value is -4.46. The van der Waals surface area contributed by atoms with Gasteiger partial charge in [0.2, 0.25) is 0 Å². The number of carbonyl (C=O) groups excluding carboxylic acids is 4. The van der Waals surface area contributed by atoms with Crippen molar-refractivity contribution in [2.75, 3.05) is 19.6 Å². The fourth-order valence-electron chi connectivity index (χ4n) is 4.86. The summed E-state index contributed by atoms with van der Waals surface area (Å²) < 4.78 is 19.7. The van der Waals surface area contributed by atoms with E-state index >= 15 is 0 Å². The van der Waals surface area contributed by atoms with E-state index in [0.29, 0.717) is 16.0 Å². The van der Waals surface area contributed by atoms with Gasteiger partial charge in [-0.3, -0.25) is 19.3 Å². The highest BCUT2D eigenvalue weighted by atomic mass is 19.1. The van der Waals surface area contributed by atoms with Crippen LogP contribution in [0.2, 0.25) is 5.82 Å². The Bertz CT molecular complexity index is 1400. The van der Waals surface area contributed by atoms with E-state index in [1.54, 1.807) is 26.0 Å². The van der Waals surface area contributed by atoms with E-state index < -0.39 is 60.1 Å². The summed E-state index contributed by atoms with van der Waals surface area (Å²) in [6, 6.07) is 3.72. The topological polar surface area (TPSA) is 174 Å². The number of benzene rings is 2. The molecule has 4 N–H and O–H groups in total. The molecule has 0 saturated carbocycles. The SMILES string of the molecule is CCN1CCN(C(=O)N[C@@H](C(=O)C[C@H]2Cc3ccc(C)c(C(=O)O)c3OB2O)c2ccc(O)c(F)c2)C(=O)C1=O. The Morgan fingerprint density at radius 2 is 1.90 bits per heavy atom. The van der Waals surface area contributed by atoms with Gasteiger partial charge in [-0.15, -0.1) is 0 Å². The molecule has 4 rings (SSSR count). The molecule has 2 aliphatic rings. The number of halogens is 1. The fraction of sp³-hybridized carbons (Fsp3) is 0.346. The first kappa shape index (κ1) is 28.6. The summed E-state index contributed by atoms with van der Waals surface area (Å²) in [4.78, 5) is 65.0. The van der Waals surface area contributed by atoms with Gasteiger partial charge in [-0.25, -0.2) is 14.0 Å². The van der Waals surface area contributed by atoms with Crippen LogP contribution in [-0.4, -0.2) is 81.4 Å². The number of hydrogen-bond donors (Lipinski definition) is 4. The second-order valence-electron chi connectivity index (χ2n) is 9.63. The van der Waals surface area contributed by atoms with Gasteiger partial charge in [-0.2, -0.15) is 0 Å². The van der Waals surface area contributed by atoms with E-state index in [-0.39, 0.29) is 49.4 Å². The lowest BCUT2D eigenvalue weighted by molar-refractivity contribution is -0.153. The highest BCUT2D eigenvalue weighted by Crippen LogP contribution is 2.38. The van der Waals surface area contributed by atoms with E-state index in [1.807, 2.05) is 0 Å². The van der Waals surface area contributed by atoms with Gasteiger partial charge in [-0.05, 0) is 49.1 Å². The van der Waals surface area contributed by atoms with Crippen LogP contribution in [0, 0.1) is 12.7 Å². The monoisotopic (exact) mass is 555 g/mol. The van der Waals surface area contributed by atoms with Crippen LogP contribution in [0.25, 0.3) is 0 Å². The number of phenolic OH excluding ortho intramolecular Hbond substituents is 1. The number of rotatable bonds is 7. The number of piperazine rings is 1. The molecule has 12 nitrogen and oxygen atoms in total. The van der Waals surface area contributed by atoms with E-state index in [0.717, 1.165) is 12.1 Å². The van der Waals surface area contributed by atoms with Gasteiger partial charge in [0.05, 0.1) is 0 Å². The van der Waals surface area contributed by atoms with Crippen LogP contribution >= 0.6 is 0 Å². The first-order valence-electron chi connectivity index (χ1n) is 12.6. The van der Waals surface area contributed by atoms with Crippen molar-refractivity contribution in [3.8, 4) is 11.5 Å². The minimum Gasteiger partial charge on any atom is -0.535 e. The predicted octanol–water partition coefficient (Wildman–Crippen LogP) is 1.42. The van der Waals surface area contributed by atoms with Gasteiger partial charge in [0.25, 0.3) is 0 Å². The number of fused-ring (bicyclic) bond motifs is 1. The van der Waals surface area contributed by atoms with Crippen molar-refractivity contribution in [2.45, 2.75) is 38.5 Å². The molecule has 210 valence electrons. The third kappa shape index (κ3) is 5.48. The number of carbonyl (C=O) groups is 5. The van der Waals surface area contributed by atoms with Crippen molar-refractivity contribution in [3.05, 3.63) is 58.4 Å². The van der Waals surface area contributed by atoms with Gasteiger partial charge in [0.1, 0.15) is 17.4 Å². The minimum atomic E-state index is -1.56. The summed E-state index contributed by atoms with van der Waals surface area (Å²) in [5, 5.41) is 32.2. The molecule has 2 aromatic carbocycles. The number of likely N-dealkylation sites (N-methyl/N-ethyl adjacent to an activating group) is 1. The lowest BCUT2D eigenvalue weighted by Gasteiger charge is -2.33. The van der Waals surface area contributed by atoms with Crippen LogP contribution in [0.5, 0.6) is 11.5 Å². The standard InChI is InChI=1S/C26H27BFN3O9/c1-3-30-8-9-31(24(35)23(30)34)26(38)29-21(14-6-7-18(32)17(28)11-14)19(33)12-16-10-15-5-4-13(2)20(25(36)37)22(15)40-27(16)39/h4-7,11,16,21,32,39H,3,8-10,12H2,1-2H3,(H,29,38)(H,36,37)/t16-,21-/m1/s1. The zero-order valence-corrected chi connectivity index (χ0v) is 21.7. The highest BCUT2D eigenvalue weighted by molar-refractivity contribution is 6.47. The summed E-state index contributed by atoms with van der Waals surface area (Å²) in [5.41, 5.74) is 0.738. The summed E-state index contributed by atoms with van der Waals surface area (Å²) in [5.74, 6) is -6.47.